The average molecular weight is 235 g/mol. The van der Waals surface area contributed by atoms with Crippen LogP contribution in [0.25, 0.3) is 0 Å². The van der Waals surface area contributed by atoms with Crippen LogP contribution >= 0.6 is 11.3 Å². The maximum Gasteiger partial charge on any atom is 0.260 e. The minimum atomic E-state index is -0.392. The molecule has 6 heteroatoms. The van der Waals surface area contributed by atoms with Crippen molar-refractivity contribution in [3.05, 3.63) is 50.8 Å². The van der Waals surface area contributed by atoms with Crippen molar-refractivity contribution < 1.29 is 4.79 Å². The molecule has 0 saturated heterocycles. The topological polar surface area (TPSA) is 74.8 Å². The van der Waals surface area contributed by atoms with Gasteiger partial charge in [-0.2, -0.15) is 0 Å². The summed E-state index contributed by atoms with van der Waals surface area (Å²) in [4.78, 5) is 29.4. The maximum atomic E-state index is 11.6. The van der Waals surface area contributed by atoms with E-state index in [0.29, 0.717) is 6.54 Å². The van der Waals surface area contributed by atoms with Crippen LogP contribution in [0.2, 0.25) is 0 Å². The Kier molecular flexibility index (Phi) is 3.11. The zero-order valence-corrected chi connectivity index (χ0v) is 9.08. The van der Waals surface area contributed by atoms with Gasteiger partial charge in [0.1, 0.15) is 10.6 Å². The monoisotopic (exact) mass is 235 g/mol. The molecule has 0 bridgehead atoms. The largest absolute Gasteiger partial charge is 0.345 e. The highest BCUT2D eigenvalue weighted by Gasteiger charge is 2.09. The van der Waals surface area contributed by atoms with E-state index in [4.69, 9.17) is 0 Å². The smallest absolute Gasteiger partial charge is 0.260 e. The molecule has 2 aromatic rings. The number of hydrogen-bond acceptors (Lipinski definition) is 4. The van der Waals surface area contributed by atoms with Crippen molar-refractivity contribution in [2.45, 2.75) is 6.54 Å². The van der Waals surface area contributed by atoms with Crippen molar-refractivity contribution in [1.82, 2.24) is 15.3 Å². The first kappa shape index (κ1) is 10.6. The van der Waals surface area contributed by atoms with Crippen molar-refractivity contribution >= 4 is 17.2 Å². The van der Waals surface area contributed by atoms with Crippen LogP contribution in [-0.4, -0.2) is 15.9 Å². The van der Waals surface area contributed by atoms with Gasteiger partial charge in [-0.05, 0) is 12.1 Å². The van der Waals surface area contributed by atoms with Crippen LogP contribution in [0.4, 0.5) is 0 Å². The molecular formula is C10H9N3O2S. The Morgan fingerprint density at radius 1 is 1.56 bits per heavy atom. The highest BCUT2D eigenvalue weighted by molar-refractivity contribution is 7.09. The molecule has 0 saturated carbocycles. The summed E-state index contributed by atoms with van der Waals surface area (Å²) in [5.41, 5.74) is -0.279. The van der Waals surface area contributed by atoms with Gasteiger partial charge in [-0.25, -0.2) is 4.98 Å². The first-order valence-electron chi connectivity index (χ1n) is 4.61. The quantitative estimate of drug-likeness (QED) is 0.824. The Bertz CT molecular complexity index is 533. The number of hydrogen-bond donors (Lipinski definition) is 2. The van der Waals surface area contributed by atoms with E-state index < -0.39 is 5.91 Å². The van der Waals surface area contributed by atoms with Gasteiger partial charge in [0.15, 0.2) is 0 Å². The Balaban J connectivity index is 2.04. The summed E-state index contributed by atoms with van der Waals surface area (Å²) in [6.07, 6.45) is 3.15. The number of carbonyl (C=O) groups is 1. The lowest BCUT2D eigenvalue weighted by Crippen LogP contribution is -2.28. The Labute approximate surface area is 95.2 Å². The molecule has 82 valence electrons. The zero-order chi connectivity index (χ0) is 11.4. The molecule has 1 amide bonds. The highest BCUT2D eigenvalue weighted by atomic mass is 32.1. The molecule has 0 aliphatic carbocycles. The molecule has 0 spiro atoms. The number of rotatable bonds is 3. The SMILES string of the molecule is O=C(NCc1nccs1)c1ccc[nH]c1=O. The van der Waals surface area contributed by atoms with Crippen molar-refractivity contribution in [2.24, 2.45) is 0 Å². The van der Waals surface area contributed by atoms with Gasteiger partial charge in [0.2, 0.25) is 0 Å². The molecule has 0 unspecified atom stereocenters. The molecule has 2 aromatic heterocycles. The van der Waals surface area contributed by atoms with Crippen LogP contribution < -0.4 is 10.9 Å². The third-order valence-corrected chi connectivity index (χ3v) is 2.73. The lowest BCUT2D eigenvalue weighted by Gasteiger charge is -2.01. The minimum absolute atomic E-state index is 0.110. The normalized spacial score (nSPS) is 10.0. The molecule has 0 fully saturated rings. The Morgan fingerprint density at radius 3 is 3.12 bits per heavy atom. The molecule has 16 heavy (non-hydrogen) atoms. The van der Waals surface area contributed by atoms with Crippen LogP contribution in [0.1, 0.15) is 15.4 Å². The number of nitrogens with zero attached hydrogens (tertiary/aromatic N) is 1. The van der Waals surface area contributed by atoms with Gasteiger partial charge < -0.3 is 10.3 Å². The molecule has 2 rings (SSSR count). The molecule has 2 heterocycles. The number of nitrogens with one attached hydrogen (secondary N) is 2. The van der Waals surface area contributed by atoms with Crippen molar-refractivity contribution in [1.29, 1.82) is 0 Å². The van der Waals surface area contributed by atoms with Crippen LogP contribution in [0.5, 0.6) is 0 Å². The number of H-pyrrole nitrogens is 1. The lowest BCUT2D eigenvalue weighted by molar-refractivity contribution is 0.0949. The predicted molar refractivity (Wildman–Crippen MR) is 60.3 cm³/mol. The minimum Gasteiger partial charge on any atom is -0.345 e. The molecule has 0 atom stereocenters. The summed E-state index contributed by atoms with van der Waals surface area (Å²) in [6.45, 7) is 0.338. The Hall–Kier alpha value is -1.95. The van der Waals surface area contributed by atoms with Gasteiger partial charge in [0.05, 0.1) is 6.54 Å². The fourth-order valence-electron chi connectivity index (χ4n) is 1.19. The summed E-state index contributed by atoms with van der Waals surface area (Å²) < 4.78 is 0. The van der Waals surface area contributed by atoms with Crippen LogP contribution in [0, 0.1) is 0 Å². The van der Waals surface area contributed by atoms with E-state index in [1.807, 2.05) is 5.38 Å². The average Bonchev–Trinajstić information content (AvgIpc) is 2.79. The van der Waals surface area contributed by atoms with E-state index in [0.717, 1.165) is 5.01 Å². The second-order valence-electron chi connectivity index (χ2n) is 3.02. The van der Waals surface area contributed by atoms with E-state index in [9.17, 15) is 9.59 Å². The summed E-state index contributed by atoms with van der Waals surface area (Å²) in [6, 6.07) is 3.09. The second kappa shape index (κ2) is 4.71. The second-order valence-corrected chi connectivity index (χ2v) is 4.00. The van der Waals surface area contributed by atoms with Crippen LogP contribution in [-0.2, 0) is 6.54 Å². The fourth-order valence-corrected chi connectivity index (χ4v) is 1.75. The number of pyridine rings is 1. The zero-order valence-electron chi connectivity index (χ0n) is 8.27. The standard InChI is InChI=1S/C10H9N3O2S/c14-9-7(2-1-3-12-9)10(15)13-6-8-11-4-5-16-8/h1-5H,6H2,(H,12,14)(H,13,15). The number of thiazole rings is 1. The molecule has 0 aliphatic heterocycles. The van der Waals surface area contributed by atoms with E-state index in [2.05, 4.69) is 15.3 Å². The first-order chi connectivity index (χ1) is 7.77. The fraction of sp³-hybridized carbons (Fsp3) is 0.100. The number of amides is 1. The van der Waals surface area contributed by atoms with E-state index in [1.165, 1.54) is 23.6 Å². The molecular weight excluding hydrogens is 226 g/mol. The van der Waals surface area contributed by atoms with Crippen LogP contribution in [0.3, 0.4) is 0 Å². The first-order valence-corrected chi connectivity index (χ1v) is 5.49. The summed E-state index contributed by atoms with van der Waals surface area (Å²) in [7, 11) is 0. The van der Waals surface area contributed by atoms with Crippen molar-refractivity contribution in [3.63, 3.8) is 0 Å². The summed E-state index contributed by atoms with van der Waals surface area (Å²) >= 11 is 1.45. The van der Waals surface area contributed by atoms with Gasteiger partial charge in [-0.3, -0.25) is 9.59 Å². The van der Waals surface area contributed by atoms with E-state index in [-0.39, 0.29) is 11.1 Å². The number of aromatic nitrogens is 2. The van der Waals surface area contributed by atoms with Gasteiger partial charge in [0.25, 0.3) is 11.5 Å². The molecule has 0 radical (unpaired) electrons. The Morgan fingerprint density at radius 2 is 2.44 bits per heavy atom. The van der Waals surface area contributed by atoms with Gasteiger partial charge in [-0.1, -0.05) is 0 Å². The van der Waals surface area contributed by atoms with Crippen molar-refractivity contribution in [2.75, 3.05) is 0 Å². The predicted octanol–water partition coefficient (Wildman–Crippen LogP) is 0.761. The third kappa shape index (κ3) is 2.34. The van der Waals surface area contributed by atoms with Gasteiger partial charge in [0, 0.05) is 17.8 Å². The number of carbonyl (C=O) groups excluding carboxylic acids is 1. The van der Waals surface area contributed by atoms with Crippen molar-refractivity contribution in [3.8, 4) is 0 Å². The van der Waals surface area contributed by atoms with Crippen LogP contribution in [0.15, 0.2) is 34.7 Å². The summed E-state index contributed by atoms with van der Waals surface area (Å²) in [5, 5.41) is 5.27. The number of aromatic amines is 1. The van der Waals surface area contributed by atoms with E-state index in [1.54, 1.807) is 12.3 Å². The lowest BCUT2D eigenvalue weighted by atomic mass is 10.2. The highest BCUT2D eigenvalue weighted by Crippen LogP contribution is 2.02. The molecule has 0 aliphatic rings. The third-order valence-electron chi connectivity index (χ3n) is 1.95. The van der Waals surface area contributed by atoms with Gasteiger partial charge >= 0.3 is 0 Å². The maximum absolute atomic E-state index is 11.6. The van der Waals surface area contributed by atoms with E-state index >= 15 is 0 Å². The molecule has 0 aromatic carbocycles. The summed E-state index contributed by atoms with van der Waals surface area (Å²) in [5.74, 6) is -0.392. The molecule has 2 N–H and O–H groups in total. The molecule has 5 nitrogen and oxygen atoms in total. The van der Waals surface area contributed by atoms with Gasteiger partial charge in [-0.15, -0.1) is 11.3 Å².